The van der Waals surface area contributed by atoms with E-state index in [2.05, 4.69) is 26.1 Å². The van der Waals surface area contributed by atoms with Gasteiger partial charge >= 0.3 is 0 Å². The maximum atomic E-state index is 3.49. The lowest BCUT2D eigenvalue weighted by atomic mass is 9.65. The Balaban J connectivity index is 2.37. The lowest BCUT2D eigenvalue weighted by molar-refractivity contribution is 0.0957. The summed E-state index contributed by atoms with van der Waals surface area (Å²) >= 11 is 0. The van der Waals surface area contributed by atoms with Crippen molar-refractivity contribution in [1.82, 2.24) is 5.32 Å². The predicted octanol–water partition coefficient (Wildman–Crippen LogP) is 2.81. The number of hydrogen-bond donors (Lipinski definition) is 1. The third-order valence-corrected chi connectivity index (χ3v) is 3.68. The van der Waals surface area contributed by atoms with Gasteiger partial charge in [0.15, 0.2) is 0 Å². The van der Waals surface area contributed by atoms with Crippen molar-refractivity contribution in [2.24, 2.45) is 11.3 Å². The van der Waals surface area contributed by atoms with Crippen molar-refractivity contribution in [2.45, 2.75) is 46.5 Å². The van der Waals surface area contributed by atoms with Crippen LogP contribution in [0.3, 0.4) is 0 Å². The molecule has 1 fully saturated rings. The second kappa shape index (κ2) is 4.27. The summed E-state index contributed by atoms with van der Waals surface area (Å²) in [5, 5.41) is 3.49. The van der Waals surface area contributed by atoms with Gasteiger partial charge in [0.1, 0.15) is 0 Å². The Morgan fingerprint density at radius 3 is 2.33 bits per heavy atom. The van der Waals surface area contributed by atoms with Crippen LogP contribution >= 0.6 is 0 Å². The van der Waals surface area contributed by atoms with Gasteiger partial charge in [-0.1, -0.05) is 27.2 Å². The first-order valence-corrected chi connectivity index (χ1v) is 5.43. The Bertz CT molecular complexity index is 129. The zero-order chi connectivity index (χ0) is 9.03. The molecule has 1 heteroatoms. The van der Waals surface area contributed by atoms with E-state index in [1.54, 1.807) is 0 Å². The van der Waals surface area contributed by atoms with Crippen molar-refractivity contribution >= 4 is 0 Å². The standard InChI is InChI=1S/C11H23N/c1-4-11(3,9-12-5-2)10-7-6-8-10/h10,12H,4-9H2,1-3H3. The molecule has 0 amide bonds. The summed E-state index contributed by atoms with van der Waals surface area (Å²) in [6.45, 7) is 9.29. The van der Waals surface area contributed by atoms with Gasteiger partial charge in [0.2, 0.25) is 0 Å². The van der Waals surface area contributed by atoms with Gasteiger partial charge in [-0.15, -0.1) is 0 Å². The maximum Gasteiger partial charge on any atom is 0.000760 e. The molecule has 1 N–H and O–H groups in total. The molecule has 1 nitrogen and oxygen atoms in total. The second-order valence-electron chi connectivity index (χ2n) is 4.42. The molecule has 0 spiro atoms. The van der Waals surface area contributed by atoms with Gasteiger partial charge in [0.25, 0.3) is 0 Å². The van der Waals surface area contributed by atoms with Gasteiger partial charge in [-0.2, -0.15) is 0 Å². The molecule has 1 unspecified atom stereocenters. The van der Waals surface area contributed by atoms with Crippen molar-refractivity contribution in [3.8, 4) is 0 Å². The van der Waals surface area contributed by atoms with Crippen LogP contribution in [0.25, 0.3) is 0 Å². The summed E-state index contributed by atoms with van der Waals surface area (Å²) in [7, 11) is 0. The smallest absolute Gasteiger partial charge is 0.000760 e. The largest absolute Gasteiger partial charge is 0.316 e. The zero-order valence-electron chi connectivity index (χ0n) is 8.82. The third-order valence-electron chi connectivity index (χ3n) is 3.68. The highest BCUT2D eigenvalue weighted by Gasteiger charge is 2.35. The average Bonchev–Trinajstić information content (AvgIpc) is 1.98. The molecule has 72 valence electrons. The van der Waals surface area contributed by atoms with Gasteiger partial charge in [-0.05, 0) is 37.1 Å². The van der Waals surface area contributed by atoms with Crippen LogP contribution < -0.4 is 5.32 Å². The second-order valence-corrected chi connectivity index (χ2v) is 4.42. The molecule has 1 atom stereocenters. The van der Waals surface area contributed by atoms with E-state index in [-0.39, 0.29) is 0 Å². The minimum atomic E-state index is 0.578. The van der Waals surface area contributed by atoms with E-state index in [0.717, 1.165) is 12.5 Å². The zero-order valence-corrected chi connectivity index (χ0v) is 8.82. The molecule has 0 saturated heterocycles. The van der Waals surface area contributed by atoms with Gasteiger partial charge in [-0.3, -0.25) is 0 Å². The van der Waals surface area contributed by atoms with Crippen LogP contribution in [0.15, 0.2) is 0 Å². The summed E-state index contributed by atoms with van der Waals surface area (Å²) in [5.74, 6) is 1.00. The van der Waals surface area contributed by atoms with E-state index in [9.17, 15) is 0 Å². The molecule has 0 bridgehead atoms. The monoisotopic (exact) mass is 169 g/mol. The molecule has 0 heterocycles. The topological polar surface area (TPSA) is 12.0 Å². The van der Waals surface area contributed by atoms with Crippen LogP contribution in [0.4, 0.5) is 0 Å². The van der Waals surface area contributed by atoms with E-state index >= 15 is 0 Å². The SMILES string of the molecule is CCNCC(C)(CC)C1CCC1. The van der Waals surface area contributed by atoms with Crippen molar-refractivity contribution in [1.29, 1.82) is 0 Å². The van der Waals surface area contributed by atoms with Gasteiger partial charge in [0.05, 0.1) is 0 Å². The highest BCUT2D eigenvalue weighted by atomic mass is 14.9. The molecular weight excluding hydrogens is 146 g/mol. The lowest BCUT2D eigenvalue weighted by Gasteiger charge is -2.42. The fraction of sp³-hybridized carbons (Fsp3) is 1.00. The highest BCUT2D eigenvalue weighted by Crippen LogP contribution is 2.43. The lowest BCUT2D eigenvalue weighted by Crippen LogP contribution is -2.40. The normalized spacial score (nSPS) is 23.2. The summed E-state index contributed by atoms with van der Waals surface area (Å²) in [4.78, 5) is 0. The van der Waals surface area contributed by atoms with E-state index in [4.69, 9.17) is 0 Å². The Kier molecular flexibility index (Phi) is 3.57. The van der Waals surface area contributed by atoms with E-state index in [1.165, 1.54) is 32.2 Å². The van der Waals surface area contributed by atoms with Crippen molar-refractivity contribution < 1.29 is 0 Å². The Labute approximate surface area is 76.9 Å². The first kappa shape index (κ1) is 10.0. The van der Waals surface area contributed by atoms with Crippen molar-refractivity contribution in [2.75, 3.05) is 13.1 Å². The molecule has 1 rings (SSSR count). The van der Waals surface area contributed by atoms with E-state index in [0.29, 0.717) is 5.41 Å². The first-order chi connectivity index (χ1) is 5.73. The molecule has 0 aromatic carbocycles. The molecule has 1 aliphatic carbocycles. The van der Waals surface area contributed by atoms with Crippen LogP contribution in [0.2, 0.25) is 0 Å². The average molecular weight is 169 g/mol. The number of nitrogens with one attached hydrogen (secondary N) is 1. The van der Waals surface area contributed by atoms with E-state index < -0.39 is 0 Å². The Morgan fingerprint density at radius 2 is 2.00 bits per heavy atom. The van der Waals surface area contributed by atoms with Gasteiger partial charge in [0, 0.05) is 6.54 Å². The minimum Gasteiger partial charge on any atom is -0.316 e. The summed E-state index contributed by atoms with van der Waals surface area (Å²) in [6.07, 6.45) is 5.72. The third kappa shape index (κ3) is 2.01. The molecule has 0 aromatic heterocycles. The fourth-order valence-corrected chi connectivity index (χ4v) is 2.07. The fourth-order valence-electron chi connectivity index (χ4n) is 2.07. The van der Waals surface area contributed by atoms with Gasteiger partial charge < -0.3 is 5.32 Å². The summed E-state index contributed by atoms with van der Waals surface area (Å²) < 4.78 is 0. The molecule has 1 aliphatic rings. The van der Waals surface area contributed by atoms with Crippen molar-refractivity contribution in [3.05, 3.63) is 0 Å². The Morgan fingerprint density at radius 1 is 1.33 bits per heavy atom. The van der Waals surface area contributed by atoms with Crippen LogP contribution in [0.5, 0.6) is 0 Å². The molecule has 1 saturated carbocycles. The van der Waals surface area contributed by atoms with Crippen LogP contribution in [0, 0.1) is 11.3 Å². The van der Waals surface area contributed by atoms with Gasteiger partial charge in [-0.25, -0.2) is 0 Å². The van der Waals surface area contributed by atoms with Crippen LogP contribution in [0.1, 0.15) is 46.5 Å². The summed E-state index contributed by atoms with van der Waals surface area (Å²) in [5.41, 5.74) is 0.578. The molecule has 0 aliphatic heterocycles. The van der Waals surface area contributed by atoms with Crippen LogP contribution in [-0.2, 0) is 0 Å². The van der Waals surface area contributed by atoms with Crippen LogP contribution in [-0.4, -0.2) is 13.1 Å². The minimum absolute atomic E-state index is 0.578. The first-order valence-electron chi connectivity index (χ1n) is 5.43. The molecule has 12 heavy (non-hydrogen) atoms. The van der Waals surface area contributed by atoms with Crippen molar-refractivity contribution in [3.63, 3.8) is 0 Å². The summed E-state index contributed by atoms with van der Waals surface area (Å²) in [6, 6.07) is 0. The van der Waals surface area contributed by atoms with E-state index in [1.807, 2.05) is 0 Å². The highest BCUT2D eigenvalue weighted by molar-refractivity contribution is 4.88. The predicted molar refractivity (Wildman–Crippen MR) is 54.3 cm³/mol. The Hall–Kier alpha value is -0.0400. The quantitative estimate of drug-likeness (QED) is 0.667. The molecule has 0 radical (unpaired) electrons. The maximum absolute atomic E-state index is 3.49. The number of rotatable bonds is 5. The molecule has 0 aromatic rings. The number of hydrogen-bond acceptors (Lipinski definition) is 1. The molecular formula is C11H23N.